The molecule has 3 amide bonds. The molecule has 0 fully saturated rings. The predicted molar refractivity (Wildman–Crippen MR) is 292 cm³/mol. The minimum Gasteiger partial charge on any atom is -0.351 e. The van der Waals surface area contributed by atoms with E-state index in [1.54, 1.807) is 71.8 Å². The van der Waals surface area contributed by atoms with Crippen molar-refractivity contribution >= 4 is 28.6 Å². The van der Waals surface area contributed by atoms with Gasteiger partial charge in [-0.25, -0.2) is 8.78 Å². The summed E-state index contributed by atoms with van der Waals surface area (Å²) in [4.78, 5) is 46.2. The number of carbonyl (C=O) groups excluding carboxylic acids is 3. The zero-order chi connectivity index (χ0) is 55.0. The van der Waals surface area contributed by atoms with E-state index in [9.17, 15) is 36.3 Å². The van der Waals surface area contributed by atoms with E-state index >= 15 is 0 Å². The second-order valence-electron chi connectivity index (χ2n) is 19.8. The molecule has 0 saturated heterocycles. The largest absolute Gasteiger partial charge is 0.416 e. The highest BCUT2D eigenvalue weighted by Crippen LogP contribution is 2.37. The van der Waals surface area contributed by atoms with E-state index in [1.165, 1.54) is 27.9 Å². The Labute approximate surface area is 452 Å². The summed E-state index contributed by atoms with van der Waals surface area (Å²) in [7, 11) is 3.71. The molecule has 13 rings (SSSR count). The van der Waals surface area contributed by atoms with Crippen LogP contribution >= 0.6 is 0 Å². The van der Waals surface area contributed by atoms with Crippen molar-refractivity contribution in [3.05, 3.63) is 262 Å². The monoisotopic (exact) mass is 1060 g/mol. The van der Waals surface area contributed by atoms with Crippen LogP contribution in [-0.2, 0) is 59.5 Å². The molecule has 0 unspecified atom stereocenters. The molecular formula is C64H50F5N7O3. The smallest absolute Gasteiger partial charge is 0.351 e. The maximum Gasteiger partial charge on any atom is 0.416 e. The quantitative estimate of drug-likeness (QED) is 0.134. The van der Waals surface area contributed by atoms with Gasteiger partial charge in [-0.2, -0.15) is 18.3 Å². The normalized spacial score (nSPS) is 13.5. The van der Waals surface area contributed by atoms with Crippen molar-refractivity contribution in [2.45, 2.75) is 45.4 Å². The van der Waals surface area contributed by atoms with Crippen LogP contribution in [0.15, 0.2) is 195 Å². The van der Waals surface area contributed by atoms with E-state index in [-0.39, 0.29) is 54.6 Å². The highest BCUT2D eigenvalue weighted by atomic mass is 19.4. The second kappa shape index (κ2) is 21.5. The van der Waals surface area contributed by atoms with Crippen LogP contribution in [0.3, 0.4) is 0 Å². The Balaban J connectivity index is 0.000000126. The molecule has 0 bridgehead atoms. The Hall–Kier alpha value is -9.50. The number of rotatable bonds is 9. The minimum absolute atomic E-state index is 0.0340. The predicted octanol–water partition coefficient (Wildman–Crippen LogP) is 13.4. The van der Waals surface area contributed by atoms with Crippen molar-refractivity contribution in [1.82, 2.24) is 34.0 Å². The van der Waals surface area contributed by atoms with Crippen LogP contribution in [0.2, 0.25) is 0 Å². The summed E-state index contributed by atoms with van der Waals surface area (Å²) < 4.78 is 73.9. The van der Waals surface area contributed by atoms with Gasteiger partial charge in [0.1, 0.15) is 11.6 Å². The number of nitrogens with zero attached hydrogens (tertiary/aromatic N) is 7. The zero-order valence-corrected chi connectivity index (χ0v) is 43.0. The third-order valence-electron chi connectivity index (χ3n) is 14.6. The van der Waals surface area contributed by atoms with E-state index < -0.39 is 11.7 Å². The minimum atomic E-state index is -4.51. The van der Waals surface area contributed by atoms with Crippen molar-refractivity contribution < 1.29 is 36.3 Å². The number of pyridine rings is 1. The summed E-state index contributed by atoms with van der Waals surface area (Å²) in [6, 6.07) is 48.7. The molecule has 0 N–H and O–H groups in total. The Morgan fingerprint density at radius 1 is 0.481 bits per heavy atom. The number of fused-ring (bicyclic) bond motifs is 4. The van der Waals surface area contributed by atoms with Gasteiger partial charge in [-0.3, -0.25) is 24.0 Å². The lowest BCUT2D eigenvalue weighted by atomic mass is 10.00. The Kier molecular flexibility index (Phi) is 14.0. The first kappa shape index (κ1) is 51.6. The second-order valence-corrected chi connectivity index (χ2v) is 19.8. The van der Waals surface area contributed by atoms with Gasteiger partial charge in [0.25, 0.3) is 17.7 Å². The lowest BCUT2D eigenvalue weighted by Gasteiger charge is -2.20. The molecule has 3 aliphatic rings. The number of aromatic nitrogens is 4. The van der Waals surface area contributed by atoms with Crippen molar-refractivity contribution in [1.29, 1.82) is 0 Å². The highest BCUT2D eigenvalue weighted by molar-refractivity contribution is 5.99. The van der Waals surface area contributed by atoms with E-state index in [2.05, 4.69) is 32.8 Å². The third-order valence-corrected chi connectivity index (χ3v) is 14.6. The van der Waals surface area contributed by atoms with Crippen LogP contribution in [0, 0.1) is 11.6 Å². The van der Waals surface area contributed by atoms with Crippen molar-refractivity contribution in [3.8, 4) is 33.4 Å². The maximum absolute atomic E-state index is 14.8. The molecule has 15 heteroatoms. The standard InChI is InChI=1S/C24H19FN2O.C20H16F3N3O.C20H15FN2O/c1-26-11-10-16-6-7-18(13-23(16)26)17-8-9-20(22(25)12-17)15-27-14-19-4-2-3-5-21(19)24(27)28;1-25-10-16(9-24-25)13-6-7-15(18(8-13)20(21,22)23)12-26-11-14-4-2-3-5-17(14)19(26)27;21-19-11-15(14-7-9-22-10-8-14)5-6-17(19)13-23-12-16-3-1-2-4-18(16)20(23)24/h2-13H,14-15H2,1H3;2-10H,11-12H2,1H3;1-11H,12-13H2. The van der Waals surface area contributed by atoms with E-state index in [0.717, 1.165) is 61.5 Å². The molecule has 10 nitrogen and oxygen atoms in total. The van der Waals surface area contributed by atoms with Crippen LogP contribution < -0.4 is 0 Å². The van der Waals surface area contributed by atoms with Crippen LogP contribution in [0.1, 0.15) is 70.0 Å². The highest BCUT2D eigenvalue weighted by Gasteiger charge is 2.36. The molecule has 3 aliphatic heterocycles. The van der Waals surface area contributed by atoms with Crippen LogP contribution in [0.5, 0.6) is 0 Å². The number of hydrogen-bond acceptors (Lipinski definition) is 5. The van der Waals surface area contributed by atoms with Crippen molar-refractivity contribution in [3.63, 3.8) is 0 Å². The molecule has 3 aromatic heterocycles. The summed E-state index contributed by atoms with van der Waals surface area (Å²) >= 11 is 0. The third kappa shape index (κ3) is 10.8. The number of halogens is 5. The molecule has 0 radical (unpaired) electrons. The van der Waals surface area contributed by atoms with Crippen LogP contribution in [0.4, 0.5) is 22.0 Å². The summed E-state index contributed by atoms with van der Waals surface area (Å²) in [5.74, 6) is -0.896. The van der Waals surface area contributed by atoms with Crippen molar-refractivity contribution in [2.75, 3.05) is 0 Å². The molecule has 0 saturated carbocycles. The summed E-state index contributed by atoms with van der Waals surface area (Å²) in [6.45, 7) is 1.83. The average molecular weight is 1060 g/mol. The van der Waals surface area contributed by atoms with Crippen LogP contribution in [0.25, 0.3) is 44.3 Å². The zero-order valence-electron chi connectivity index (χ0n) is 43.0. The van der Waals surface area contributed by atoms with Gasteiger partial charge < -0.3 is 19.3 Å². The molecule has 7 aromatic carbocycles. The fourth-order valence-corrected chi connectivity index (χ4v) is 10.4. The fourth-order valence-electron chi connectivity index (χ4n) is 10.4. The maximum atomic E-state index is 14.8. The van der Waals surface area contributed by atoms with Gasteiger partial charge in [0.05, 0.1) is 11.8 Å². The Morgan fingerprint density at radius 3 is 1.39 bits per heavy atom. The molecular weight excluding hydrogens is 1010 g/mol. The van der Waals surface area contributed by atoms with Gasteiger partial charge in [0.15, 0.2) is 0 Å². The van der Waals surface area contributed by atoms with E-state index in [4.69, 9.17) is 0 Å². The Bertz CT molecular complexity index is 3960. The summed E-state index contributed by atoms with van der Waals surface area (Å²) in [5, 5.41) is 5.17. The first-order chi connectivity index (χ1) is 38.1. The van der Waals surface area contributed by atoms with Gasteiger partial charge in [-0.1, -0.05) is 103 Å². The average Bonchev–Trinajstić information content (AvgIpc) is 4.39. The first-order valence-corrected chi connectivity index (χ1v) is 25.5. The topological polar surface area (TPSA) is 96.6 Å². The Morgan fingerprint density at radius 2 is 0.924 bits per heavy atom. The van der Waals surface area contributed by atoms with Crippen molar-refractivity contribution in [2.24, 2.45) is 14.1 Å². The molecule has 0 aliphatic carbocycles. The summed E-state index contributed by atoms with van der Waals surface area (Å²) in [5.41, 5.74) is 10.9. The SMILES string of the molecule is Cn1cc(-c2ccc(CN3Cc4ccccc4C3=O)c(C(F)(F)F)c2)cn1.Cn1ccc2ccc(-c3ccc(CN4Cc5ccccc5C4=O)c(F)c3)cc21.O=C1c2ccccc2CN1Cc1ccc(-c2ccncc2)cc1F. The number of hydrogen-bond donors (Lipinski definition) is 0. The lowest BCUT2D eigenvalue weighted by Crippen LogP contribution is -2.25. The molecule has 0 spiro atoms. The van der Waals surface area contributed by atoms with E-state index in [0.29, 0.717) is 53.0 Å². The molecule has 79 heavy (non-hydrogen) atoms. The number of alkyl halides is 3. The number of amides is 3. The number of carbonyl (C=O) groups is 3. The molecule has 6 heterocycles. The van der Waals surface area contributed by atoms with Gasteiger partial charge in [-0.05, 0) is 116 Å². The number of benzene rings is 7. The summed E-state index contributed by atoms with van der Waals surface area (Å²) in [6.07, 6.45) is 4.06. The molecule has 394 valence electrons. The van der Waals surface area contributed by atoms with Gasteiger partial charge in [-0.15, -0.1) is 0 Å². The van der Waals surface area contributed by atoms with Crippen LogP contribution in [-0.4, -0.2) is 51.8 Å². The fraction of sp³-hybridized carbons (Fsp3) is 0.141. The lowest BCUT2D eigenvalue weighted by molar-refractivity contribution is -0.138. The van der Waals surface area contributed by atoms with Gasteiger partial charge >= 0.3 is 6.18 Å². The first-order valence-electron chi connectivity index (χ1n) is 25.5. The van der Waals surface area contributed by atoms with Gasteiger partial charge in [0.2, 0.25) is 0 Å². The van der Waals surface area contributed by atoms with E-state index in [1.807, 2.05) is 104 Å². The number of aryl methyl sites for hydroxylation is 2. The van der Waals surface area contributed by atoms with Gasteiger partial charge in [0, 0.05) is 117 Å². The molecule has 10 aromatic rings. The molecule has 0 atom stereocenters.